The van der Waals surface area contributed by atoms with E-state index in [1.165, 1.54) is 5.56 Å². The molecule has 1 heterocycles. The molecule has 90 valence electrons. The smallest absolute Gasteiger partial charge is 0.116 e. The fraction of sp³-hybridized carbons (Fsp3) is 0.133. The maximum absolute atomic E-state index is 9.63. The van der Waals surface area contributed by atoms with Crippen LogP contribution in [0.1, 0.15) is 5.56 Å². The fourth-order valence-corrected chi connectivity index (χ4v) is 2.32. The topological polar surface area (TPSA) is 38.1 Å². The van der Waals surface area contributed by atoms with E-state index in [4.69, 9.17) is 0 Å². The zero-order valence-electron chi connectivity index (χ0n) is 10.4. The molecule has 18 heavy (non-hydrogen) atoms. The average molecular weight is 238 g/mol. The number of benzene rings is 2. The Balaban J connectivity index is 2.34. The number of phenols is 1. The molecule has 0 radical (unpaired) electrons. The quantitative estimate of drug-likeness (QED) is 0.706. The first kappa shape index (κ1) is 10.8. The Labute approximate surface area is 105 Å². The molecular formula is C15H14N2O. The van der Waals surface area contributed by atoms with Crippen molar-refractivity contribution < 1.29 is 5.11 Å². The first-order valence-electron chi connectivity index (χ1n) is 5.88. The molecule has 0 saturated heterocycles. The van der Waals surface area contributed by atoms with Crippen LogP contribution in [-0.2, 0) is 7.05 Å². The molecule has 1 N–H and O–H groups in total. The Morgan fingerprint density at radius 3 is 2.72 bits per heavy atom. The largest absolute Gasteiger partial charge is 0.508 e. The van der Waals surface area contributed by atoms with Crippen molar-refractivity contribution >= 4 is 10.9 Å². The number of aromatic nitrogens is 2. The van der Waals surface area contributed by atoms with Crippen LogP contribution in [0, 0.1) is 6.92 Å². The summed E-state index contributed by atoms with van der Waals surface area (Å²) in [6.07, 6.45) is 0. The van der Waals surface area contributed by atoms with Crippen LogP contribution in [0.15, 0.2) is 42.5 Å². The highest BCUT2D eigenvalue weighted by Gasteiger charge is 2.11. The molecule has 0 atom stereocenters. The van der Waals surface area contributed by atoms with Crippen molar-refractivity contribution in [1.82, 2.24) is 9.78 Å². The van der Waals surface area contributed by atoms with E-state index in [1.54, 1.807) is 12.1 Å². The summed E-state index contributed by atoms with van der Waals surface area (Å²) < 4.78 is 1.86. The second-order valence-electron chi connectivity index (χ2n) is 4.54. The number of nitrogens with zero attached hydrogens (tertiary/aromatic N) is 2. The summed E-state index contributed by atoms with van der Waals surface area (Å²) in [4.78, 5) is 0. The van der Waals surface area contributed by atoms with Gasteiger partial charge in [-0.05, 0) is 31.2 Å². The minimum Gasteiger partial charge on any atom is -0.508 e. The van der Waals surface area contributed by atoms with E-state index < -0.39 is 0 Å². The van der Waals surface area contributed by atoms with Gasteiger partial charge in [-0.25, -0.2) is 0 Å². The van der Waals surface area contributed by atoms with Crippen molar-refractivity contribution in [2.24, 2.45) is 7.05 Å². The molecule has 0 saturated carbocycles. The lowest BCUT2D eigenvalue weighted by Gasteiger charge is -2.04. The van der Waals surface area contributed by atoms with Gasteiger partial charge in [-0.15, -0.1) is 0 Å². The van der Waals surface area contributed by atoms with E-state index in [1.807, 2.05) is 23.9 Å². The lowest BCUT2D eigenvalue weighted by molar-refractivity contribution is 0.476. The zero-order valence-corrected chi connectivity index (χ0v) is 10.4. The van der Waals surface area contributed by atoms with Crippen LogP contribution in [0.5, 0.6) is 5.75 Å². The summed E-state index contributed by atoms with van der Waals surface area (Å²) >= 11 is 0. The van der Waals surface area contributed by atoms with E-state index in [2.05, 4.69) is 30.2 Å². The molecule has 3 aromatic rings. The third-order valence-electron chi connectivity index (χ3n) is 3.11. The minimum atomic E-state index is 0.268. The number of aromatic hydroxyl groups is 1. The number of rotatable bonds is 1. The molecule has 0 spiro atoms. The van der Waals surface area contributed by atoms with Crippen molar-refractivity contribution in [3.63, 3.8) is 0 Å². The maximum atomic E-state index is 9.63. The van der Waals surface area contributed by atoms with E-state index in [0.29, 0.717) is 0 Å². The van der Waals surface area contributed by atoms with Crippen molar-refractivity contribution in [3.8, 4) is 17.0 Å². The van der Waals surface area contributed by atoms with Gasteiger partial charge >= 0.3 is 0 Å². The molecule has 3 rings (SSSR count). The highest BCUT2D eigenvalue weighted by molar-refractivity contribution is 5.94. The first-order valence-corrected chi connectivity index (χ1v) is 5.88. The number of phenolic OH excluding ortho intramolecular Hbond substituents is 1. The molecule has 2 aromatic carbocycles. The zero-order chi connectivity index (χ0) is 12.7. The minimum absolute atomic E-state index is 0.268. The monoisotopic (exact) mass is 238 g/mol. The van der Waals surface area contributed by atoms with Gasteiger partial charge in [0, 0.05) is 18.0 Å². The molecule has 0 bridgehead atoms. The third-order valence-corrected chi connectivity index (χ3v) is 3.11. The molecule has 1 aromatic heterocycles. The van der Waals surface area contributed by atoms with E-state index in [0.717, 1.165) is 22.2 Å². The predicted octanol–water partition coefficient (Wildman–Crippen LogP) is 3.25. The molecule has 0 aliphatic carbocycles. The Kier molecular flexibility index (Phi) is 2.33. The standard InChI is InChI=1S/C15H14N2O/c1-10-4-3-5-11(8-10)15-13-9-12(18)6-7-14(13)16-17(15)2/h3-9,18H,1-2H3. The first-order chi connectivity index (χ1) is 8.65. The number of hydrogen-bond donors (Lipinski definition) is 1. The maximum Gasteiger partial charge on any atom is 0.116 e. The van der Waals surface area contributed by atoms with E-state index >= 15 is 0 Å². The number of fused-ring (bicyclic) bond motifs is 1. The van der Waals surface area contributed by atoms with Crippen molar-refractivity contribution in [2.75, 3.05) is 0 Å². The molecular weight excluding hydrogens is 224 g/mol. The van der Waals surface area contributed by atoms with Crippen LogP contribution < -0.4 is 0 Å². The van der Waals surface area contributed by atoms with E-state index in [9.17, 15) is 5.11 Å². The predicted molar refractivity (Wildman–Crippen MR) is 72.6 cm³/mol. The van der Waals surface area contributed by atoms with Gasteiger partial charge in [0.1, 0.15) is 5.75 Å². The molecule has 3 heteroatoms. The Morgan fingerprint density at radius 2 is 1.94 bits per heavy atom. The molecule has 0 aliphatic rings. The second kappa shape index (κ2) is 3.88. The van der Waals surface area contributed by atoms with Gasteiger partial charge in [0.05, 0.1) is 11.2 Å². The molecule has 0 fully saturated rings. The third kappa shape index (κ3) is 1.64. The van der Waals surface area contributed by atoms with Gasteiger partial charge in [-0.3, -0.25) is 4.68 Å². The molecule has 0 aliphatic heterocycles. The highest BCUT2D eigenvalue weighted by Crippen LogP contribution is 2.30. The summed E-state index contributed by atoms with van der Waals surface area (Å²) in [7, 11) is 1.93. The van der Waals surface area contributed by atoms with Crippen LogP contribution in [0.3, 0.4) is 0 Å². The average Bonchev–Trinajstić information content (AvgIpc) is 2.64. The Bertz CT molecular complexity index is 728. The van der Waals surface area contributed by atoms with Gasteiger partial charge in [0.25, 0.3) is 0 Å². The van der Waals surface area contributed by atoms with Gasteiger partial charge in [-0.1, -0.05) is 23.8 Å². The highest BCUT2D eigenvalue weighted by atomic mass is 16.3. The van der Waals surface area contributed by atoms with Crippen molar-refractivity contribution in [1.29, 1.82) is 0 Å². The Hall–Kier alpha value is -2.29. The fourth-order valence-electron chi connectivity index (χ4n) is 2.32. The molecule has 0 unspecified atom stereocenters. The summed E-state index contributed by atoms with van der Waals surface area (Å²) in [5.74, 6) is 0.268. The van der Waals surface area contributed by atoms with Crippen LogP contribution >= 0.6 is 0 Å². The van der Waals surface area contributed by atoms with Crippen molar-refractivity contribution in [3.05, 3.63) is 48.0 Å². The van der Waals surface area contributed by atoms with E-state index in [-0.39, 0.29) is 5.75 Å². The van der Waals surface area contributed by atoms with Crippen LogP contribution in [-0.4, -0.2) is 14.9 Å². The summed E-state index contributed by atoms with van der Waals surface area (Å²) in [6, 6.07) is 13.6. The number of aryl methyl sites for hydroxylation is 2. The summed E-state index contributed by atoms with van der Waals surface area (Å²) in [5.41, 5.74) is 4.25. The normalized spacial score (nSPS) is 11.0. The Morgan fingerprint density at radius 1 is 1.11 bits per heavy atom. The molecule has 3 nitrogen and oxygen atoms in total. The van der Waals surface area contributed by atoms with Gasteiger partial charge in [0.2, 0.25) is 0 Å². The SMILES string of the molecule is Cc1cccc(-c2c3cc(O)ccc3nn2C)c1. The second-order valence-corrected chi connectivity index (χ2v) is 4.54. The summed E-state index contributed by atoms with van der Waals surface area (Å²) in [5, 5.41) is 15.1. The van der Waals surface area contributed by atoms with Crippen LogP contribution in [0.4, 0.5) is 0 Å². The van der Waals surface area contributed by atoms with Crippen molar-refractivity contribution in [2.45, 2.75) is 6.92 Å². The number of hydrogen-bond acceptors (Lipinski definition) is 2. The van der Waals surface area contributed by atoms with Crippen LogP contribution in [0.25, 0.3) is 22.2 Å². The van der Waals surface area contributed by atoms with Crippen LogP contribution in [0.2, 0.25) is 0 Å². The summed E-state index contributed by atoms with van der Waals surface area (Å²) in [6.45, 7) is 2.07. The van der Waals surface area contributed by atoms with Gasteiger partial charge in [-0.2, -0.15) is 5.10 Å². The van der Waals surface area contributed by atoms with Gasteiger partial charge < -0.3 is 5.11 Å². The lowest BCUT2D eigenvalue weighted by Crippen LogP contribution is -1.93. The lowest BCUT2D eigenvalue weighted by atomic mass is 10.1. The molecule has 0 amide bonds. The van der Waals surface area contributed by atoms with Gasteiger partial charge in [0.15, 0.2) is 0 Å².